The lowest BCUT2D eigenvalue weighted by Crippen LogP contribution is -2.32. The van der Waals surface area contributed by atoms with E-state index in [2.05, 4.69) is 20.8 Å². The number of halogens is 1. The molecule has 2 aromatic carbocycles. The molecule has 2 heterocycles. The molecule has 4 rings (SSSR count). The van der Waals surface area contributed by atoms with Gasteiger partial charge in [-0.25, -0.2) is 0 Å². The highest BCUT2D eigenvalue weighted by Gasteiger charge is 2.12. The molecule has 0 aliphatic rings. The number of rotatable bonds is 8. The van der Waals surface area contributed by atoms with Crippen LogP contribution in [-0.4, -0.2) is 28.6 Å². The number of amides is 2. The van der Waals surface area contributed by atoms with Crippen LogP contribution in [0.3, 0.4) is 0 Å². The van der Waals surface area contributed by atoms with Crippen molar-refractivity contribution in [1.29, 1.82) is 0 Å². The number of carbonyl (C=O) groups is 2. The molecule has 0 fully saturated rings. The first kappa shape index (κ1) is 21.1. The Morgan fingerprint density at radius 3 is 2.66 bits per heavy atom. The molecule has 0 atom stereocenters. The van der Waals surface area contributed by atoms with Gasteiger partial charge in [0.2, 0.25) is 11.8 Å². The number of aromatic nitrogens is 2. The van der Waals surface area contributed by atoms with Gasteiger partial charge in [-0.2, -0.15) is 0 Å². The summed E-state index contributed by atoms with van der Waals surface area (Å²) < 4.78 is 16.3. The Kier molecular flexibility index (Phi) is 6.47. The Hall–Kier alpha value is -4.11. The van der Waals surface area contributed by atoms with Gasteiger partial charge >= 0.3 is 0 Å². The summed E-state index contributed by atoms with van der Waals surface area (Å²) in [5, 5.41) is 13.7. The van der Waals surface area contributed by atoms with Gasteiger partial charge in [0.25, 0.3) is 11.8 Å². The Bertz CT molecular complexity index is 1210. The van der Waals surface area contributed by atoms with Crippen molar-refractivity contribution < 1.29 is 23.2 Å². The minimum atomic E-state index is -0.472. The van der Waals surface area contributed by atoms with Gasteiger partial charge in [0, 0.05) is 22.3 Å². The first-order valence-corrected chi connectivity index (χ1v) is 9.87. The molecule has 0 saturated heterocycles. The molecule has 2 amide bonds. The van der Waals surface area contributed by atoms with Crippen LogP contribution in [0, 0.1) is 0 Å². The third kappa shape index (κ3) is 5.52. The molecule has 32 heavy (non-hydrogen) atoms. The molecule has 0 radical (unpaired) electrons. The maximum absolute atomic E-state index is 12.1. The van der Waals surface area contributed by atoms with Gasteiger partial charge in [-0.15, -0.1) is 10.2 Å². The van der Waals surface area contributed by atoms with Gasteiger partial charge in [-0.05, 0) is 48.5 Å². The number of nitrogens with one attached hydrogen (secondary N) is 2. The molecule has 4 aromatic rings. The fraction of sp³-hybridized carbons (Fsp3) is 0.0909. The third-order valence-electron chi connectivity index (χ3n) is 4.19. The Balaban J connectivity index is 1.29. The lowest BCUT2D eigenvalue weighted by molar-refractivity contribution is -0.115. The van der Waals surface area contributed by atoms with Crippen LogP contribution in [0.25, 0.3) is 11.5 Å². The van der Waals surface area contributed by atoms with E-state index in [1.54, 1.807) is 54.6 Å². The van der Waals surface area contributed by atoms with Crippen LogP contribution in [0.15, 0.2) is 75.8 Å². The summed E-state index contributed by atoms with van der Waals surface area (Å²) in [5.41, 5.74) is 1.25. The van der Waals surface area contributed by atoms with E-state index in [4.69, 9.17) is 25.2 Å². The molecule has 0 spiro atoms. The van der Waals surface area contributed by atoms with E-state index in [1.165, 1.54) is 12.3 Å². The number of carbonyl (C=O) groups excluding carboxylic acids is 2. The molecule has 9 nitrogen and oxygen atoms in total. The summed E-state index contributed by atoms with van der Waals surface area (Å²) in [6, 6.07) is 16.9. The molecule has 10 heteroatoms. The zero-order valence-corrected chi connectivity index (χ0v) is 17.3. The predicted molar refractivity (Wildman–Crippen MR) is 115 cm³/mol. The molecule has 0 aliphatic carbocycles. The van der Waals surface area contributed by atoms with E-state index in [0.29, 0.717) is 28.2 Å². The second-order valence-electron chi connectivity index (χ2n) is 6.53. The van der Waals surface area contributed by atoms with Crippen molar-refractivity contribution in [2.75, 3.05) is 11.9 Å². The molecule has 2 aromatic heterocycles. The van der Waals surface area contributed by atoms with E-state index in [-0.39, 0.29) is 18.9 Å². The van der Waals surface area contributed by atoms with Crippen molar-refractivity contribution in [3.63, 3.8) is 0 Å². The first-order valence-electron chi connectivity index (χ1n) is 9.49. The van der Waals surface area contributed by atoms with Crippen LogP contribution in [0.4, 0.5) is 5.69 Å². The highest BCUT2D eigenvalue weighted by Crippen LogP contribution is 2.22. The lowest BCUT2D eigenvalue weighted by Gasteiger charge is -2.08. The maximum Gasteiger partial charge on any atom is 0.287 e. The van der Waals surface area contributed by atoms with Crippen LogP contribution in [0.1, 0.15) is 16.4 Å². The molecule has 2 N–H and O–H groups in total. The van der Waals surface area contributed by atoms with E-state index >= 15 is 0 Å². The van der Waals surface area contributed by atoms with Gasteiger partial charge in [-0.1, -0.05) is 17.7 Å². The van der Waals surface area contributed by atoms with Crippen molar-refractivity contribution in [1.82, 2.24) is 15.5 Å². The predicted octanol–water partition coefficient (Wildman–Crippen LogP) is 3.93. The number of nitrogens with zero attached hydrogens (tertiary/aromatic N) is 2. The van der Waals surface area contributed by atoms with Crippen molar-refractivity contribution in [3.8, 4) is 17.2 Å². The average Bonchev–Trinajstić information content (AvgIpc) is 3.49. The largest absolute Gasteiger partial charge is 0.484 e. The van der Waals surface area contributed by atoms with Gasteiger partial charge in [0.15, 0.2) is 12.4 Å². The smallest absolute Gasteiger partial charge is 0.287 e. The highest BCUT2D eigenvalue weighted by molar-refractivity contribution is 6.30. The van der Waals surface area contributed by atoms with E-state index in [0.717, 1.165) is 5.56 Å². The van der Waals surface area contributed by atoms with Gasteiger partial charge in [-0.3, -0.25) is 9.59 Å². The topological polar surface area (TPSA) is 119 Å². The minimum Gasteiger partial charge on any atom is -0.484 e. The Labute approximate surface area is 187 Å². The van der Waals surface area contributed by atoms with Crippen LogP contribution < -0.4 is 15.4 Å². The lowest BCUT2D eigenvalue weighted by atomic mass is 10.2. The highest BCUT2D eigenvalue weighted by atomic mass is 35.5. The number of hydrogen-bond acceptors (Lipinski definition) is 7. The van der Waals surface area contributed by atoms with Crippen LogP contribution in [-0.2, 0) is 11.4 Å². The maximum atomic E-state index is 12.1. The molecule has 0 bridgehead atoms. The number of furan rings is 1. The molecular formula is C22H17ClN4O5. The standard InChI is InChI=1S/C22H17ClN4O5/c23-15-8-6-14(7-9-15)22-27-26-20(32-22)13-31-17-4-1-3-16(11-17)25-19(28)12-24-21(29)18-5-2-10-30-18/h1-11H,12-13H2,(H,24,29)(H,25,28). The zero-order valence-electron chi connectivity index (χ0n) is 16.6. The number of ether oxygens (including phenoxy) is 1. The second kappa shape index (κ2) is 9.80. The zero-order chi connectivity index (χ0) is 22.3. The SMILES string of the molecule is O=C(CNC(=O)c1ccco1)Nc1cccc(OCc2nnc(-c3ccc(Cl)cc3)o2)c1. The Morgan fingerprint density at radius 2 is 1.88 bits per heavy atom. The minimum absolute atomic E-state index is 0.0528. The third-order valence-corrected chi connectivity index (χ3v) is 4.44. The molecular weight excluding hydrogens is 436 g/mol. The van der Waals surface area contributed by atoms with Gasteiger partial charge < -0.3 is 24.2 Å². The van der Waals surface area contributed by atoms with Gasteiger partial charge in [0.05, 0.1) is 12.8 Å². The molecule has 0 saturated carbocycles. The molecule has 0 unspecified atom stereocenters. The van der Waals surface area contributed by atoms with E-state index in [9.17, 15) is 9.59 Å². The summed E-state index contributed by atoms with van der Waals surface area (Å²) >= 11 is 5.88. The quantitative estimate of drug-likeness (QED) is 0.415. The van der Waals surface area contributed by atoms with E-state index < -0.39 is 11.8 Å². The fourth-order valence-corrected chi connectivity index (χ4v) is 2.82. The summed E-state index contributed by atoms with van der Waals surface area (Å²) in [5.74, 6) is 0.413. The average molecular weight is 453 g/mol. The normalized spacial score (nSPS) is 10.5. The molecule has 0 aliphatic heterocycles. The van der Waals surface area contributed by atoms with Crippen LogP contribution in [0.5, 0.6) is 5.75 Å². The molecule has 162 valence electrons. The van der Waals surface area contributed by atoms with Crippen molar-refractivity contribution >= 4 is 29.1 Å². The fourth-order valence-electron chi connectivity index (χ4n) is 2.69. The summed E-state index contributed by atoms with van der Waals surface area (Å²) in [6.45, 7) is -0.155. The van der Waals surface area contributed by atoms with Crippen LogP contribution in [0.2, 0.25) is 5.02 Å². The van der Waals surface area contributed by atoms with Crippen molar-refractivity contribution in [2.45, 2.75) is 6.61 Å². The summed E-state index contributed by atoms with van der Waals surface area (Å²) in [7, 11) is 0. The summed E-state index contributed by atoms with van der Waals surface area (Å²) in [4.78, 5) is 23.9. The number of anilines is 1. The number of hydrogen-bond donors (Lipinski definition) is 2. The first-order chi connectivity index (χ1) is 15.6. The van der Waals surface area contributed by atoms with Crippen LogP contribution >= 0.6 is 11.6 Å². The second-order valence-corrected chi connectivity index (χ2v) is 6.97. The van der Waals surface area contributed by atoms with Gasteiger partial charge in [0.1, 0.15) is 5.75 Å². The van der Waals surface area contributed by atoms with Crippen molar-refractivity contribution in [3.05, 3.63) is 83.6 Å². The van der Waals surface area contributed by atoms with Crippen molar-refractivity contribution in [2.24, 2.45) is 0 Å². The van der Waals surface area contributed by atoms with E-state index in [1.807, 2.05) is 0 Å². The number of benzene rings is 2. The summed E-state index contributed by atoms with van der Waals surface area (Å²) in [6.07, 6.45) is 1.38. The monoisotopic (exact) mass is 452 g/mol. The Morgan fingerprint density at radius 1 is 1.03 bits per heavy atom.